The number of likely N-dealkylation sites (tertiary alicyclic amines) is 1. The van der Waals surface area contributed by atoms with Crippen LogP contribution in [-0.2, 0) is 10.2 Å². The molecule has 1 unspecified atom stereocenters. The number of amides is 1. The molecule has 0 aliphatic carbocycles. The second kappa shape index (κ2) is 7.61. The summed E-state index contributed by atoms with van der Waals surface area (Å²) in [5.41, 5.74) is 0.591. The quantitative estimate of drug-likeness (QED) is 0.878. The lowest BCUT2D eigenvalue weighted by molar-refractivity contribution is -0.137. The van der Waals surface area contributed by atoms with Gasteiger partial charge in [-0.05, 0) is 51.4 Å². The van der Waals surface area contributed by atoms with E-state index in [2.05, 4.69) is 21.2 Å². The van der Waals surface area contributed by atoms with E-state index in [1.807, 2.05) is 50.1 Å². The molecule has 21 heavy (non-hydrogen) atoms. The molecule has 0 spiro atoms. The molecule has 1 fully saturated rings. The topological polar surface area (TPSA) is 32.3 Å². The Bertz CT molecular complexity index is 476. The maximum Gasteiger partial charge on any atom is 0.232 e. The van der Waals surface area contributed by atoms with Gasteiger partial charge in [0.1, 0.15) is 0 Å². The molecule has 118 valence electrons. The van der Waals surface area contributed by atoms with Gasteiger partial charge in [0.25, 0.3) is 0 Å². The fourth-order valence-electron chi connectivity index (χ4n) is 2.78. The van der Waals surface area contributed by atoms with Crippen LogP contribution in [0.2, 0.25) is 0 Å². The van der Waals surface area contributed by atoms with Gasteiger partial charge in [0.2, 0.25) is 5.91 Å². The van der Waals surface area contributed by atoms with Crippen molar-refractivity contribution in [2.24, 2.45) is 0 Å². The second-order valence-corrected chi connectivity index (χ2v) is 6.93. The second-order valence-electron chi connectivity index (χ2n) is 6.01. The van der Waals surface area contributed by atoms with Gasteiger partial charge in [-0.1, -0.05) is 28.1 Å². The van der Waals surface area contributed by atoms with Crippen molar-refractivity contribution in [3.63, 3.8) is 0 Å². The maximum atomic E-state index is 12.9. The van der Waals surface area contributed by atoms with Crippen molar-refractivity contribution in [3.8, 4) is 0 Å². The number of benzene rings is 1. The zero-order chi connectivity index (χ0) is 14.8. The SMILES string of the molecule is CNC1CCCN(C(=O)C(C)(C)c2ccc(Br)cc2)C1.Cl. The molecule has 1 heterocycles. The van der Waals surface area contributed by atoms with Crippen LogP contribution in [0.3, 0.4) is 0 Å². The van der Waals surface area contributed by atoms with Crippen LogP contribution in [0.4, 0.5) is 0 Å². The number of nitrogens with zero attached hydrogens (tertiary/aromatic N) is 1. The summed E-state index contributed by atoms with van der Waals surface area (Å²) in [6.07, 6.45) is 2.23. The van der Waals surface area contributed by atoms with Crippen LogP contribution in [0.15, 0.2) is 28.7 Å². The van der Waals surface area contributed by atoms with Gasteiger partial charge in [0.05, 0.1) is 5.41 Å². The van der Waals surface area contributed by atoms with Crippen molar-refractivity contribution in [2.45, 2.75) is 38.1 Å². The van der Waals surface area contributed by atoms with Gasteiger partial charge in [-0.15, -0.1) is 12.4 Å². The molecular formula is C16H24BrClN2O. The van der Waals surface area contributed by atoms with Crippen molar-refractivity contribution in [3.05, 3.63) is 34.3 Å². The van der Waals surface area contributed by atoms with E-state index in [4.69, 9.17) is 0 Å². The van der Waals surface area contributed by atoms with Crippen LogP contribution >= 0.6 is 28.3 Å². The van der Waals surface area contributed by atoms with Gasteiger partial charge >= 0.3 is 0 Å². The third kappa shape index (κ3) is 4.21. The Labute approximate surface area is 142 Å². The average Bonchev–Trinajstić information content (AvgIpc) is 2.47. The molecule has 1 amide bonds. The van der Waals surface area contributed by atoms with E-state index < -0.39 is 5.41 Å². The van der Waals surface area contributed by atoms with E-state index in [0.717, 1.165) is 36.0 Å². The molecule has 1 aliphatic rings. The number of piperidine rings is 1. The van der Waals surface area contributed by atoms with Crippen molar-refractivity contribution < 1.29 is 4.79 Å². The highest BCUT2D eigenvalue weighted by Gasteiger charge is 2.35. The summed E-state index contributed by atoms with van der Waals surface area (Å²) >= 11 is 3.44. The Morgan fingerprint density at radius 2 is 1.95 bits per heavy atom. The summed E-state index contributed by atoms with van der Waals surface area (Å²) in [5, 5.41) is 3.29. The van der Waals surface area contributed by atoms with Crippen molar-refractivity contribution in [1.82, 2.24) is 10.2 Å². The molecule has 1 atom stereocenters. The highest BCUT2D eigenvalue weighted by atomic mass is 79.9. The normalized spacial score (nSPS) is 19.0. The van der Waals surface area contributed by atoms with E-state index >= 15 is 0 Å². The zero-order valence-electron chi connectivity index (χ0n) is 12.9. The average molecular weight is 376 g/mol. The van der Waals surface area contributed by atoms with Crippen LogP contribution in [0, 0.1) is 0 Å². The molecule has 1 aliphatic heterocycles. The lowest BCUT2D eigenvalue weighted by atomic mass is 9.82. The lowest BCUT2D eigenvalue weighted by Crippen LogP contribution is -2.51. The first-order valence-electron chi connectivity index (χ1n) is 7.18. The molecule has 3 nitrogen and oxygen atoms in total. The number of nitrogens with one attached hydrogen (secondary N) is 1. The van der Waals surface area contributed by atoms with Crippen LogP contribution in [0.25, 0.3) is 0 Å². The predicted molar refractivity (Wildman–Crippen MR) is 93.1 cm³/mol. The third-order valence-corrected chi connectivity index (χ3v) is 4.75. The first-order valence-corrected chi connectivity index (χ1v) is 7.97. The van der Waals surface area contributed by atoms with Crippen LogP contribution in [0.5, 0.6) is 0 Å². The van der Waals surface area contributed by atoms with Gasteiger partial charge < -0.3 is 10.2 Å². The van der Waals surface area contributed by atoms with Gasteiger partial charge in [0, 0.05) is 23.6 Å². The molecule has 0 bridgehead atoms. The summed E-state index contributed by atoms with van der Waals surface area (Å²) in [6, 6.07) is 8.48. The third-order valence-electron chi connectivity index (χ3n) is 4.22. The first-order chi connectivity index (χ1) is 9.45. The Balaban J connectivity index is 0.00000220. The van der Waals surface area contributed by atoms with E-state index in [0.29, 0.717) is 6.04 Å². The number of halogens is 2. The van der Waals surface area contributed by atoms with Crippen molar-refractivity contribution >= 4 is 34.2 Å². The first kappa shape index (κ1) is 18.5. The number of hydrogen-bond acceptors (Lipinski definition) is 2. The largest absolute Gasteiger partial charge is 0.340 e. The number of likely N-dealkylation sites (N-methyl/N-ethyl adjacent to an activating group) is 1. The van der Waals surface area contributed by atoms with Crippen LogP contribution in [-0.4, -0.2) is 37.0 Å². The molecule has 0 saturated carbocycles. The Morgan fingerprint density at radius 1 is 1.33 bits per heavy atom. The minimum atomic E-state index is -0.476. The number of hydrogen-bond donors (Lipinski definition) is 1. The summed E-state index contributed by atoms with van der Waals surface area (Å²) < 4.78 is 1.04. The summed E-state index contributed by atoms with van der Waals surface area (Å²) in [7, 11) is 1.97. The van der Waals surface area contributed by atoms with Crippen LogP contribution in [0.1, 0.15) is 32.3 Å². The molecule has 5 heteroatoms. The summed E-state index contributed by atoms with van der Waals surface area (Å²) in [4.78, 5) is 14.9. The van der Waals surface area contributed by atoms with Gasteiger partial charge in [-0.3, -0.25) is 4.79 Å². The van der Waals surface area contributed by atoms with Crippen molar-refractivity contribution in [1.29, 1.82) is 0 Å². The maximum absolute atomic E-state index is 12.9. The predicted octanol–water partition coefficient (Wildman–Crippen LogP) is 3.36. The molecule has 0 radical (unpaired) electrons. The molecule has 2 rings (SSSR count). The fourth-order valence-corrected chi connectivity index (χ4v) is 3.05. The zero-order valence-corrected chi connectivity index (χ0v) is 15.3. The molecule has 1 aromatic rings. The minimum absolute atomic E-state index is 0. The Morgan fingerprint density at radius 3 is 2.52 bits per heavy atom. The smallest absolute Gasteiger partial charge is 0.232 e. The molecule has 1 aromatic carbocycles. The highest BCUT2D eigenvalue weighted by molar-refractivity contribution is 9.10. The van der Waals surface area contributed by atoms with E-state index in [1.165, 1.54) is 0 Å². The molecule has 0 aromatic heterocycles. The Hall–Kier alpha value is -0.580. The summed E-state index contributed by atoms with van der Waals surface area (Å²) in [6.45, 7) is 5.72. The van der Waals surface area contributed by atoms with Gasteiger partial charge in [0.15, 0.2) is 0 Å². The Kier molecular flexibility index (Phi) is 6.70. The highest BCUT2D eigenvalue weighted by Crippen LogP contribution is 2.28. The number of carbonyl (C=O) groups is 1. The monoisotopic (exact) mass is 374 g/mol. The molecular weight excluding hydrogens is 352 g/mol. The van der Waals surface area contributed by atoms with Crippen molar-refractivity contribution in [2.75, 3.05) is 20.1 Å². The molecule has 1 saturated heterocycles. The number of carbonyl (C=O) groups excluding carboxylic acids is 1. The van der Waals surface area contributed by atoms with E-state index in [-0.39, 0.29) is 18.3 Å². The lowest BCUT2D eigenvalue weighted by Gasteiger charge is -2.37. The standard InChI is InChI=1S/C16H23BrN2O.ClH/c1-16(2,12-6-8-13(17)9-7-12)15(20)19-10-4-5-14(11-19)18-3;/h6-9,14,18H,4-5,10-11H2,1-3H3;1H. The van der Waals surface area contributed by atoms with Gasteiger partial charge in [-0.2, -0.15) is 0 Å². The van der Waals surface area contributed by atoms with E-state index in [1.54, 1.807) is 0 Å². The fraction of sp³-hybridized carbons (Fsp3) is 0.562. The molecule has 1 N–H and O–H groups in total. The summed E-state index contributed by atoms with van der Waals surface area (Å²) in [5.74, 6) is 0.222. The minimum Gasteiger partial charge on any atom is -0.340 e. The van der Waals surface area contributed by atoms with Crippen LogP contribution < -0.4 is 5.32 Å². The van der Waals surface area contributed by atoms with Gasteiger partial charge in [-0.25, -0.2) is 0 Å². The van der Waals surface area contributed by atoms with E-state index in [9.17, 15) is 4.79 Å². The number of rotatable bonds is 3.